The van der Waals surface area contributed by atoms with Gasteiger partial charge in [-0.2, -0.15) is 0 Å². The predicted molar refractivity (Wildman–Crippen MR) is 130 cm³/mol. The molecule has 0 unspecified atom stereocenters. The second kappa shape index (κ2) is 11.0. The molecule has 0 bridgehead atoms. The molecule has 0 radical (unpaired) electrons. The van der Waals surface area contributed by atoms with Gasteiger partial charge in [0, 0.05) is 37.4 Å². The monoisotopic (exact) mass is 479 g/mol. The van der Waals surface area contributed by atoms with Gasteiger partial charge < -0.3 is 9.72 Å². The van der Waals surface area contributed by atoms with E-state index in [1.165, 1.54) is 48.5 Å². The molecule has 0 atom stereocenters. The number of pyridine rings is 1. The molecule has 0 spiro atoms. The fourth-order valence-corrected chi connectivity index (χ4v) is 4.53. The van der Waals surface area contributed by atoms with Crippen LogP contribution in [0.2, 0.25) is 0 Å². The number of hydrogen-bond donors (Lipinski definition) is 2. The third-order valence-corrected chi connectivity index (χ3v) is 6.58. The summed E-state index contributed by atoms with van der Waals surface area (Å²) in [5.74, 6) is 0.177. The quantitative estimate of drug-likeness (QED) is 0.452. The smallest absolute Gasteiger partial charge is 0.263 e. The van der Waals surface area contributed by atoms with E-state index >= 15 is 0 Å². The topological polar surface area (TPSA) is 117 Å². The average molecular weight is 480 g/mol. The fraction of sp³-hybridized carbons (Fsp3) is 0.208. The van der Waals surface area contributed by atoms with E-state index < -0.39 is 10.0 Å². The molecule has 1 fully saturated rings. The van der Waals surface area contributed by atoms with Crippen LogP contribution in [0.15, 0.2) is 89.1 Å². The van der Waals surface area contributed by atoms with Crippen molar-refractivity contribution in [2.45, 2.75) is 11.4 Å². The van der Waals surface area contributed by atoms with Gasteiger partial charge in [0.1, 0.15) is 12.1 Å². The number of fused-ring (bicyclic) bond motifs is 1. The Labute approximate surface area is 197 Å². The van der Waals surface area contributed by atoms with Crippen LogP contribution in [-0.2, 0) is 21.3 Å². The number of nitrogens with zero attached hydrogens (tertiary/aromatic N) is 3. The number of sulfonamides is 1. The number of rotatable bonds is 5. The summed E-state index contributed by atoms with van der Waals surface area (Å²) in [6.07, 6.45) is 4.15. The van der Waals surface area contributed by atoms with Gasteiger partial charge >= 0.3 is 0 Å². The maximum absolute atomic E-state index is 12.3. The third kappa shape index (κ3) is 6.25. The highest BCUT2D eigenvalue weighted by Gasteiger charge is 2.15. The van der Waals surface area contributed by atoms with Gasteiger partial charge in [0.05, 0.1) is 18.1 Å². The lowest BCUT2D eigenvalue weighted by atomic mass is 10.2. The molecule has 0 amide bonds. The summed E-state index contributed by atoms with van der Waals surface area (Å²) >= 11 is 0. The second-order valence-corrected chi connectivity index (χ2v) is 9.31. The molecular weight excluding hydrogens is 454 g/mol. The minimum absolute atomic E-state index is 0.0548. The summed E-state index contributed by atoms with van der Waals surface area (Å²) in [4.78, 5) is 24.1. The predicted octanol–water partition coefficient (Wildman–Crippen LogP) is 2.64. The summed E-state index contributed by atoms with van der Waals surface area (Å²) in [5.41, 5.74) is 1.13. The minimum Gasteiger partial charge on any atom is -0.379 e. The zero-order chi connectivity index (χ0) is 23.8. The van der Waals surface area contributed by atoms with Crippen molar-refractivity contribution in [1.29, 1.82) is 0 Å². The number of H-pyrrole nitrogens is 1. The number of benzene rings is 2. The fourth-order valence-electron chi connectivity index (χ4n) is 3.49. The molecule has 2 aromatic carbocycles. The van der Waals surface area contributed by atoms with Crippen LogP contribution >= 0.6 is 0 Å². The van der Waals surface area contributed by atoms with E-state index in [2.05, 4.69) is 54.9 Å². The number of morpholine rings is 1. The van der Waals surface area contributed by atoms with Crippen molar-refractivity contribution < 1.29 is 13.2 Å². The Balaban J connectivity index is 0.000000180. The lowest BCUT2D eigenvalue weighted by molar-refractivity contribution is 0.0342. The molecule has 5 rings (SSSR count). The van der Waals surface area contributed by atoms with E-state index in [1.807, 2.05) is 0 Å². The molecule has 34 heavy (non-hydrogen) atoms. The van der Waals surface area contributed by atoms with Crippen LogP contribution in [0.1, 0.15) is 5.56 Å². The van der Waals surface area contributed by atoms with E-state index in [0.29, 0.717) is 10.8 Å². The van der Waals surface area contributed by atoms with Gasteiger partial charge in [0.2, 0.25) is 0 Å². The number of nitrogens with one attached hydrogen (secondary N) is 2. The summed E-state index contributed by atoms with van der Waals surface area (Å²) in [7, 11) is -3.77. The Kier molecular flexibility index (Phi) is 7.63. The summed E-state index contributed by atoms with van der Waals surface area (Å²) in [6.45, 7) is 4.95. The Bertz CT molecular complexity index is 1370. The molecule has 10 heteroatoms. The van der Waals surface area contributed by atoms with Crippen LogP contribution < -0.4 is 10.3 Å². The van der Waals surface area contributed by atoms with Crippen LogP contribution in [0.5, 0.6) is 0 Å². The van der Waals surface area contributed by atoms with Gasteiger partial charge in [-0.05, 0) is 41.3 Å². The first kappa shape index (κ1) is 23.6. The van der Waals surface area contributed by atoms with Crippen molar-refractivity contribution in [1.82, 2.24) is 19.9 Å². The molecule has 0 aliphatic carbocycles. The van der Waals surface area contributed by atoms with Crippen molar-refractivity contribution in [2.24, 2.45) is 0 Å². The highest BCUT2D eigenvalue weighted by Crippen LogP contribution is 2.18. The number of anilines is 1. The Morgan fingerprint density at radius 3 is 2.56 bits per heavy atom. The van der Waals surface area contributed by atoms with Crippen molar-refractivity contribution >= 4 is 26.6 Å². The van der Waals surface area contributed by atoms with E-state index in [4.69, 9.17) is 4.74 Å². The largest absolute Gasteiger partial charge is 0.379 e. The molecule has 2 N–H and O–H groups in total. The molecule has 2 aromatic heterocycles. The van der Waals surface area contributed by atoms with Gasteiger partial charge in [0.15, 0.2) is 0 Å². The van der Waals surface area contributed by atoms with E-state index in [0.717, 1.165) is 32.8 Å². The maximum Gasteiger partial charge on any atom is 0.263 e. The van der Waals surface area contributed by atoms with E-state index in [1.54, 1.807) is 6.07 Å². The van der Waals surface area contributed by atoms with Crippen LogP contribution in [-0.4, -0.2) is 54.6 Å². The lowest BCUT2D eigenvalue weighted by Crippen LogP contribution is -2.35. The number of aromatic nitrogens is 3. The minimum atomic E-state index is -3.77. The Morgan fingerprint density at radius 2 is 1.82 bits per heavy atom. The van der Waals surface area contributed by atoms with Crippen molar-refractivity contribution in [3.8, 4) is 0 Å². The van der Waals surface area contributed by atoms with Gasteiger partial charge in [0.25, 0.3) is 15.6 Å². The molecule has 9 nitrogen and oxygen atoms in total. The average Bonchev–Trinajstić information content (AvgIpc) is 2.86. The normalized spacial score (nSPS) is 14.2. The molecule has 1 aliphatic rings. The maximum atomic E-state index is 12.3. The lowest BCUT2D eigenvalue weighted by Gasteiger charge is -2.26. The zero-order valence-electron chi connectivity index (χ0n) is 18.4. The third-order valence-electron chi connectivity index (χ3n) is 5.23. The van der Waals surface area contributed by atoms with Crippen LogP contribution in [0.3, 0.4) is 0 Å². The molecule has 4 aromatic rings. The molecule has 1 saturated heterocycles. The number of aromatic amines is 1. The SMILES string of the molecule is O=c1[nH]ccc2cc(S(=O)(=O)Nc3ccncn3)ccc12.c1ccc(CN2CCOCC2)cc1. The van der Waals surface area contributed by atoms with Gasteiger partial charge in [-0.3, -0.25) is 14.4 Å². The molecule has 176 valence electrons. The first-order valence-electron chi connectivity index (χ1n) is 10.8. The van der Waals surface area contributed by atoms with E-state index in [9.17, 15) is 13.2 Å². The van der Waals surface area contributed by atoms with E-state index in [-0.39, 0.29) is 16.3 Å². The summed E-state index contributed by atoms with van der Waals surface area (Å²) in [6, 6.07) is 18.0. The zero-order valence-corrected chi connectivity index (χ0v) is 19.2. The summed E-state index contributed by atoms with van der Waals surface area (Å²) < 4.78 is 32.2. The van der Waals surface area contributed by atoms with Crippen LogP contribution in [0.25, 0.3) is 10.8 Å². The first-order valence-corrected chi connectivity index (χ1v) is 12.2. The number of hydrogen-bond acceptors (Lipinski definition) is 7. The van der Waals surface area contributed by atoms with Gasteiger partial charge in [-0.25, -0.2) is 18.4 Å². The Hall–Kier alpha value is -3.60. The van der Waals surface area contributed by atoms with Crippen molar-refractivity contribution in [3.63, 3.8) is 0 Å². The Morgan fingerprint density at radius 1 is 1.03 bits per heavy atom. The highest BCUT2D eigenvalue weighted by atomic mass is 32.2. The van der Waals surface area contributed by atoms with Gasteiger partial charge in [-0.1, -0.05) is 30.3 Å². The highest BCUT2D eigenvalue weighted by molar-refractivity contribution is 7.92. The van der Waals surface area contributed by atoms with Crippen LogP contribution in [0, 0.1) is 0 Å². The molecule has 0 saturated carbocycles. The standard InChI is InChI=1S/C13H10N4O3S.C11H15NO/c18-13-11-2-1-10(7-9(11)3-6-15-13)21(19,20)17-12-4-5-14-8-16-12;1-2-4-11(5-3-1)10-12-6-8-13-9-7-12/h1-8H,(H,15,18)(H,14,16,17);1-5H,6-10H2. The summed E-state index contributed by atoms with van der Waals surface area (Å²) in [5, 5.41) is 0.975. The van der Waals surface area contributed by atoms with Gasteiger partial charge in [-0.15, -0.1) is 0 Å². The molecule has 3 heterocycles. The molecular formula is C24H25N5O4S. The second-order valence-electron chi connectivity index (χ2n) is 7.63. The van der Waals surface area contributed by atoms with Crippen molar-refractivity contribution in [2.75, 3.05) is 31.0 Å². The van der Waals surface area contributed by atoms with Crippen molar-refractivity contribution in [3.05, 3.63) is 95.3 Å². The van der Waals surface area contributed by atoms with Crippen LogP contribution in [0.4, 0.5) is 5.82 Å². The number of ether oxygens (including phenoxy) is 1. The first-order chi connectivity index (χ1) is 16.5. The molecule has 1 aliphatic heterocycles.